The molecular weight excluding hydrogens is 612 g/mol. The van der Waals surface area contributed by atoms with Crippen LogP contribution in [0.2, 0.25) is 0 Å². The first-order valence-corrected chi connectivity index (χ1v) is 15.9. The number of alkyl halides is 2. The molecule has 0 unspecified atom stereocenters. The normalized spacial score (nSPS) is 32.1. The van der Waals surface area contributed by atoms with Crippen LogP contribution in [0.15, 0.2) is 30.5 Å². The molecule has 3 saturated heterocycles. The third-order valence-corrected chi connectivity index (χ3v) is 10.8. The Bertz CT molecular complexity index is 2120. The first kappa shape index (κ1) is 26.8. The van der Waals surface area contributed by atoms with Crippen LogP contribution in [0.25, 0.3) is 32.9 Å². The van der Waals surface area contributed by atoms with E-state index in [0.717, 1.165) is 0 Å². The highest BCUT2D eigenvalue weighted by atomic mass is 19.1. The Morgan fingerprint density at radius 1 is 1.21 bits per heavy atom. The van der Waals surface area contributed by atoms with Gasteiger partial charge in [0.15, 0.2) is 5.82 Å². The zero-order chi connectivity index (χ0) is 34.0. The molecule has 2 aromatic carbocycles. The van der Waals surface area contributed by atoms with Gasteiger partial charge in [-0.05, 0) is 55.8 Å². The number of hydrogen-bond donors (Lipinski definition) is 1. The van der Waals surface area contributed by atoms with Crippen LogP contribution in [-0.4, -0.2) is 83.2 Å². The number of halogens is 4. The Labute approximate surface area is 271 Å². The summed E-state index contributed by atoms with van der Waals surface area (Å²) in [6.07, 6.45) is 6.67. The quantitative estimate of drug-likeness (QED) is 0.180. The van der Waals surface area contributed by atoms with Crippen LogP contribution in [0.3, 0.4) is 0 Å². The predicted molar refractivity (Wildman–Crippen MR) is 168 cm³/mol. The second kappa shape index (κ2) is 10.1. The number of nitrogen functional groups attached to an aromatic ring is 1. The molecule has 8 nitrogen and oxygen atoms in total. The summed E-state index contributed by atoms with van der Waals surface area (Å²) in [5.41, 5.74) is 4.29. The SMILES string of the molecule is [2H]C([2H])(Oc1nc(N2CCOC[C@H]3[C@H](F)[C@H]32)c2cnc(-c3cc(N)cc4ccc(F)c(C#C)c34)c(F)c2n1)[C@@]12CCCN1C[C@]1(C[C@H]1F)C2. The summed E-state index contributed by atoms with van der Waals surface area (Å²) >= 11 is 0. The average Bonchev–Trinajstić information content (AvgIpc) is 3.79. The Morgan fingerprint density at radius 3 is 2.87 bits per heavy atom. The summed E-state index contributed by atoms with van der Waals surface area (Å²) in [5.74, 6) is 0.458. The Balaban J connectivity index is 1.22. The van der Waals surface area contributed by atoms with Crippen molar-refractivity contribution in [2.45, 2.75) is 49.6 Å². The van der Waals surface area contributed by atoms with Gasteiger partial charge in [0.2, 0.25) is 0 Å². The first-order valence-electron chi connectivity index (χ1n) is 16.9. The van der Waals surface area contributed by atoms with Gasteiger partial charge < -0.3 is 20.1 Å². The molecule has 0 amide bonds. The molecule has 4 aromatic rings. The van der Waals surface area contributed by atoms with E-state index in [4.69, 9.17) is 21.6 Å². The Kier molecular flexibility index (Phi) is 5.79. The molecule has 5 fully saturated rings. The van der Waals surface area contributed by atoms with Crippen LogP contribution in [0.5, 0.6) is 6.01 Å². The largest absolute Gasteiger partial charge is 0.461 e. The molecule has 2 saturated carbocycles. The number of pyridine rings is 1. The molecule has 12 heteroatoms. The summed E-state index contributed by atoms with van der Waals surface area (Å²) in [7, 11) is 0. The Hall–Kier alpha value is -4.21. The lowest BCUT2D eigenvalue weighted by atomic mass is 9.89. The minimum atomic E-state index is -2.39. The summed E-state index contributed by atoms with van der Waals surface area (Å²) in [4.78, 5) is 17.1. The van der Waals surface area contributed by atoms with Crippen LogP contribution in [0.1, 0.15) is 34.0 Å². The van der Waals surface area contributed by atoms with Crippen molar-refractivity contribution in [2.75, 3.05) is 50.0 Å². The highest BCUT2D eigenvalue weighted by Crippen LogP contribution is 2.62. The summed E-state index contributed by atoms with van der Waals surface area (Å²) in [6.45, 7) is -0.632. The molecule has 2 aromatic heterocycles. The maximum atomic E-state index is 17.0. The average molecular weight is 647 g/mol. The highest BCUT2D eigenvalue weighted by Gasteiger charge is 2.67. The van der Waals surface area contributed by atoms with Crippen LogP contribution in [0, 0.1) is 35.3 Å². The van der Waals surface area contributed by atoms with Gasteiger partial charge in [-0.25, -0.2) is 17.6 Å². The van der Waals surface area contributed by atoms with Crippen molar-refractivity contribution in [3.8, 4) is 29.6 Å². The number of nitrogens with two attached hydrogens (primary N) is 1. The van der Waals surface area contributed by atoms with Gasteiger partial charge in [-0.1, -0.05) is 12.0 Å². The number of fused-ring (bicyclic) bond motifs is 4. The van der Waals surface area contributed by atoms with E-state index in [0.29, 0.717) is 37.7 Å². The van der Waals surface area contributed by atoms with Gasteiger partial charge in [-0.3, -0.25) is 9.88 Å². The van der Waals surface area contributed by atoms with Gasteiger partial charge in [0.25, 0.3) is 0 Å². The minimum absolute atomic E-state index is 0.0892. The van der Waals surface area contributed by atoms with E-state index < -0.39 is 59.5 Å². The van der Waals surface area contributed by atoms with Crippen LogP contribution >= 0.6 is 0 Å². The highest BCUT2D eigenvalue weighted by molar-refractivity contribution is 6.03. The number of terminal acetylenes is 1. The van der Waals surface area contributed by atoms with E-state index in [9.17, 15) is 11.5 Å². The van der Waals surface area contributed by atoms with Crippen molar-refractivity contribution in [1.29, 1.82) is 0 Å². The topological polar surface area (TPSA) is 89.6 Å². The number of hydrogen-bond acceptors (Lipinski definition) is 8. The maximum Gasteiger partial charge on any atom is 0.319 e. The fourth-order valence-corrected chi connectivity index (χ4v) is 8.27. The molecule has 5 heterocycles. The standard InChI is InChI=1S/C35H32F4N6O2/c1-2-20-24(36)5-4-18-10-19(40)11-21(26(18)20)29-28(39)30-22(13-41-29)32(45-8-9-46-14-23-27(38)31(23)45)43-33(42-30)47-17-35-6-3-7-44(35)16-34(15-35)12-25(34)37/h1,4-5,10-11,13,23,25,27,31H,3,6-9,12,14-17,40H2/t23-,25+,27-,31-,34-,35-/m0/s1/i17D2. The molecule has 0 bridgehead atoms. The van der Waals surface area contributed by atoms with E-state index in [1.54, 1.807) is 11.0 Å². The molecular formula is C35H32F4N6O2. The lowest BCUT2D eigenvalue weighted by Crippen LogP contribution is -2.43. The van der Waals surface area contributed by atoms with Gasteiger partial charge in [-0.15, -0.1) is 6.42 Å². The van der Waals surface area contributed by atoms with Crippen molar-refractivity contribution in [3.63, 3.8) is 0 Å². The van der Waals surface area contributed by atoms with Gasteiger partial charge in [0, 0.05) is 47.3 Å². The molecule has 2 N–H and O–H groups in total. The van der Waals surface area contributed by atoms with Crippen molar-refractivity contribution in [1.82, 2.24) is 19.9 Å². The summed E-state index contributed by atoms with van der Waals surface area (Å²) in [5, 5.41) is 0.854. The lowest BCUT2D eigenvalue weighted by Gasteiger charge is -2.31. The number of benzene rings is 2. The molecule has 5 aliphatic rings. The van der Waals surface area contributed by atoms with E-state index in [2.05, 4.69) is 20.9 Å². The molecule has 1 spiro atoms. The zero-order valence-corrected chi connectivity index (χ0v) is 25.3. The fourth-order valence-electron chi connectivity index (χ4n) is 8.27. The summed E-state index contributed by atoms with van der Waals surface area (Å²) < 4.78 is 91.6. The number of ether oxygens (including phenoxy) is 2. The zero-order valence-electron chi connectivity index (χ0n) is 27.3. The molecule has 242 valence electrons. The van der Waals surface area contributed by atoms with Crippen LogP contribution in [0.4, 0.5) is 29.1 Å². The first-order chi connectivity index (χ1) is 23.5. The Morgan fingerprint density at radius 2 is 2.06 bits per heavy atom. The predicted octanol–water partition coefficient (Wildman–Crippen LogP) is 5.21. The number of anilines is 2. The third-order valence-electron chi connectivity index (χ3n) is 10.8. The van der Waals surface area contributed by atoms with Gasteiger partial charge in [0.1, 0.15) is 41.7 Å². The van der Waals surface area contributed by atoms with E-state index >= 15 is 8.78 Å². The van der Waals surface area contributed by atoms with Gasteiger partial charge in [0.05, 0.1) is 38.5 Å². The van der Waals surface area contributed by atoms with Crippen LogP contribution < -0.4 is 15.4 Å². The molecule has 9 rings (SSSR count). The molecule has 47 heavy (non-hydrogen) atoms. The smallest absolute Gasteiger partial charge is 0.319 e. The number of rotatable bonds is 5. The molecule has 2 aliphatic carbocycles. The van der Waals surface area contributed by atoms with Crippen molar-refractivity contribution >= 4 is 33.2 Å². The van der Waals surface area contributed by atoms with Gasteiger partial charge in [-0.2, -0.15) is 9.97 Å². The monoisotopic (exact) mass is 646 g/mol. The maximum absolute atomic E-state index is 17.0. The summed E-state index contributed by atoms with van der Waals surface area (Å²) in [6, 6.07) is 4.70. The molecule has 6 atom stereocenters. The number of aromatic nitrogens is 3. The fraction of sp³-hybridized carbons (Fsp3) is 0.457. The van der Waals surface area contributed by atoms with Crippen molar-refractivity contribution in [2.24, 2.45) is 11.3 Å². The second-order valence-electron chi connectivity index (χ2n) is 13.6. The minimum Gasteiger partial charge on any atom is -0.461 e. The van der Waals surface area contributed by atoms with E-state index in [-0.39, 0.29) is 70.8 Å². The van der Waals surface area contributed by atoms with Gasteiger partial charge >= 0.3 is 6.01 Å². The van der Waals surface area contributed by atoms with E-state index in [1.807, 2.05) is 4.90 Å². The van der Waals surface area contributed by atoms with Crippen molar-refractivity contribution in [3.05, 3.63) is 47.7 Å². The van der Waals surface area contributed by atoms with E-state index in [1.165, 1.54) is 24.4 Å². The second-order valence-corrected chi connectivity index (χ2v) is 13.6. The third kappa shape index (κ3) is 4.32. The lowest BCUT2D eigenvalue weighted by molar-refractivity contribution is 0.107. The van der Waals surface area contributed by atoms with Crippen molar-refractivity contribution < 1.29 is 29.8 Å². The molecule has 3 aliphatic heterocycles. The van der Waals surface area contributed by atoms with Crippen LogP contribution in [-0.2, 0) is 4.74 Å². The number of nitrogens with zero attached hydrogens (tertiary/aromatic N) is 5. The molecule has 0 radical (unpaired) electrons.